The third kappa shape index (κ3) is 2.70. The first-order valence-electron chi connectivity index (χ1n) is 4.99. The Hall–Kier alpha value is -1.62. The fourth-order valence-corrected chi connectivity index (χ4v) is 1.03. The number of rotatable bonds is 3. The van der Waals surface area contributed by atoms with Crippen molar-refractivity contribution in [3.05, 3.63) is 24.0 Å². The molecule has 3 N–H and O–H groups in total. The van der Waals surface area contributed by atoms with Gasteiger partial charge in [-0.05, 0) is 32.9 Å². The molecule has 0 aliphatic rings. The van der Waals surface area contributed by atoms with E-state index >= 15 is 0 Å². The van der Waals surface area contributed by atoms with Crippen molar-refractivity contribution < 1.29 is 15.0 Å². The average Bonchev–Trinajstić information content (AvgIpc) is 2.17. The summed E-state index contributed by atoms with van der Waals surface area (Å²) in [7, 11) is 0. The molecule has 1 unspecified atom stereocenters. The van der Waals surface area contributed by atoms with E-state index in [0.717, 1.165) is 0 Å². The molecular weight excluding hydrogens is 208 g/mol. The van der Waals surface area contributed by atoms with Crippen LogP contribution in [0.2, 0.25) is 0 Å². The Bertz CT molecular complexity index is 389. The molecule has 16 heavy (non-hydrogen) atoms. The molecule has 0 aromatic carbocycles. The smallest absolute Gasteiger partial charge is 0.274 e. The van der Waals surface area contributed by atoms with E-state index in [0.29, 0.717) is 0 Å². The van der Waals surface area contributed by atoms with Crippen molar-refractivity contribution in [3.63, 3.8) is 0 Å². The molecule has 0 radical (unpaired) electrons. The number of amides is 1. The largest absolute Gasteiger partial charge is 0.505 e. The molecule has 0 bridgehead atoms. The van der Waals surface area contributed by atoms with Gasteiger partial charge in [0.15, 0.2) is 5.69 Å². The number of hydrogen-bond donors (Lipinski definition) is 3. The number of aromatic nitrogens is 1. The second kappa shape index (κ2) is 4.49. The van der Waals surface area contributed by atoms with Crippen LogP contribution in [0, 0.1) is 0 Å². The first kappa shape index (κ1) is 12.4. The van der Waals surface area contributed by atoms with Crippen molar-refractivity contribution >= 4 is 5.91 Å². The van der Waals surface area contributed by atoms with Gasteiger partial charge < -0.3 is 15.5 Å². The van der Waals surface area contributed by atoms with E-state index in [1.54, 1.807) is 20.8 Å². The van der Waals surface area contributed by atoms with Crippen molar-refractivity contribution in [3.8, 4) is 5.75 Å². The molecule has 0 fully saturated rings. The molecule has 1 aromatic heterocycles. The van der Waals surface area contributed by atoms with Crippen LogP contribution in [0.5, 0.6) is 5.75 Å². The monoisotopic (exact) mass is 224 g/mol. The molecular formula is C11H16N2O3. The van der Waals surface area contributed by atoms with E-state index in [-0.39, 0.29) is 11.4 Å². The molecule has 1 heterocycles. The van der Waals surface area contributed by atoms with Crippen molar-refractivity contribution in [2.24, 2.45) is 0 Å². The second-order valence-corrected chi connectivity index (χ2v) is 4.22. The van der Waals surface area contributed by atoms with Crippen molar-refractivity contribution in [2.45, 2.75) is 32.4 Å². The van der Waals surface area contributed by atoms with Gasteiger partial charge >= 0.3 is 0 Å². The van der Waals surface area contributed by atoms with E-state index in [1.165, 1.54) is 18.3 Å². The number of aromatic hydroxyl groups is 1. The van der Waals surface area contributed by atoms with Crippen LogP contribution in [-0.2, 0) is 0 Å². The van der Waals surface area contributed by atoms with Gasteiger partial charge in [-0.2, -0.15) is 0 Å². The number of carbonyl (C=O) groups excluding carboxylic acids is 1. The third-order valence-electron chi connectivity index (χ3n) is 2.48. The van der Waals surface area contributed by atoms with Crippen molar-refractivity contribution in [1.82, 2.24) is 10.3 Å². The maximum absolute atomic E-state index is 11.7. The molecule has 1 rings (SSSR count). The van der Waals surface area contributed by atoms with Gasteiger partial charge in [0.2, 0.25) is 0 Å². The fraction of sp³-hybridized carbons (Fsp3) is 0.455. The van der Waals surface area contributed by atoms with Crippen LogP contribution in [0.25, 0.3) is 0 Å². The summed E-state index contributed by atoms with van der Waals surface area (Å²) in [5.41, 5.74) is -0.822. The number of nitrogens with one attached hydrogen (secondary N) is 1. The summed E-state index contributed by atoms with van der Waals surface area (Å²) in [4.78, 5) is 15.5. The third-order valence-corrected chi connectivity index (χ3v) is 2.48. The molecule has 1 aromatic rings. The van der Waals surface area contributed by atoms with Gasteiger partial charge in [0, 0.05) is 6.20 Å². The predicted octanol–water partition coefficient (Wildman–Crippen LogP) is 0.676. The first-order valence-corrected chi connectivity index (χ1v) is 4.99. The topological polar surface area (TPSA) is 82.5 Å². The maximum atomic E-state index is 11.7. The standard InChI is InChI=1S/C11H16N2O3/c1-7(14)11(2,3)13-10(16)9-8(15)5-4-6-12-9/h4-7,14-15H,1-3H3,(H,13,16). The predicted molar refractivity (Wildman–Crippen MR) is 59.1 cm³/mol. The molecule has 0 aliphatic carbocycles. The zero-order valence-electron chi connectivity index (χ0n) is 9.56. The number of pyridine rings is 1. The van der Waals surface area contributed by atoms with E-state index in [9.17, 15) is 15.0 Å². The lowest BCUT2D eigenvalue weighted by atomic mass is 9.98. The Morgan fingerprint density at radius 2 is 2.19 bits per heavy atom. The average molecular weight is 224 g/mol. The first-order chi connectivity index (χ1) is 7.34. The van der Waals surface area contributed by atoms with Crippen molar-refractivity contribution in [2.75, 3.05) is 0 Å². The van der Waals surface area contributed by atoms with Crippen LogP contribution >= 0.6 is 0 Å². The Morgan fingerprint density at radius 1 is 1.56 bits per heavy atom. The lowest BCUT2D eigenvalue weighted by Crippen LogP contribution is -2.51. The normalized spacial score (nSPS) is 13.2. The van der Waals surface area contributed by atoms with Crippen LogP contribution in [0.3, 0.4) is 0 Å². The molecule has 0 aliphatic heterocycles. The van der Waals surface area contributed by atoms with Gasteiger partial charge in [-0.3, -0.25) is 4.79 Å². The van der Waals surface area contributed by atoms with E-state index in [1.807, 2.05) is 0 Å². The zero-order valence-corrected chi connectivity index (χ0v) is 9.56. The summed E-state index contributed by atoms with van der Waals surface area (Å²) in [5, 5.41) is 21.5. The summed E-state index contributed by atoms with van der Waals surface area (Å²) in [6.07, 6.45) is 0.714. The molecule has 1 amide bonds. The summed E-state index contributed by atoms with van der Waals surface area (Å²) >= 11 is 0. The number of carbonyl (C=O) groups is 1. The summed E-state index contributed by atoms with van der Waals surface area (Å²) in [6.45, 7) is 4.96. The minimum atomic E-state index is -0.777. The zero-order chi connectivity index (χ0) is 12.3. The highest BCUT2D eigenvalue weighted by Crippen LogP contribution is 2.15. The fourth-order valence-electron chi connectivity index (χ4n) is 1.03. The molecule has 88 valence electrons. The van der Waals surface area contributed by atoms with Crippen LogP contribution in [0.1, 0.15) is 31.3 Å². The number of hydrogen-bond acceptors (Lipinski definition) is 4. The van der Waals surface area contributed by atoms with Gasteiger partial charge in [0.05, 0.1) is 11.6 Å². The quantitative estimate of drug-likeness (QED) is 0.705. The molecule has 0 saturated carbocycles. The Labute approximate surface area is 94.1 Å². The van der Waals surface area contributed by atoms with Crippen LogP contribution in [-0.4, -0.2) is 32.7 Å². The summed E-state index contributed by atoms with van der Waals surface area (Å²) < 4.78 is 0. The van der Waals surface area contributed by atoms with Crippen LogP contribution < -0.4 is 5.32 Å². The molecule has 1 atom stereocenters. The van der Waals surface area contributed by atoms with Gasteiger partial charge in [-0.1, -0.05) is 0 Å². The Kier molecular flexibility index (Phi) is 3.49. The highest BCUT2D eigenvalue weighted by Gasteiger charge is 2.27. The molecule has 0 spiro atoms. The maximum Gasteiger partial charge on any atom is 0.274 e. The molecule has 5 nitrogen and oxygen atoms in total. The van der Waals surface area contributed by atoms with Gasteiger partial charge in [0.1, 0.15) is 5.75 Å². The molecule has 5 heteroatoms. The lowest BCUT2D eigenvalue weighted by molar-refractivity contribution is 0.0703. The van der Waals surface area contributed by atoms with Crippen LogP contribution in [0.4, 0.5) is 0 Å². The van der Waals surface area contributed by atoms with Gasteiger partial charge in [0.25, 0.3) is 5.91 Å². The van der Waals surface area contributed by atoms with E-state index in [4.69, 9.17) is 0 Å². The number of aliphatic hydroxyl groups excluding tert-OH is 1. The van der Waals surface area contributed by atoms with Gasteiger partial charge in [-0.15, -0.1) is 0 Å². The molecule has 0 saturated heterocycles. The Morgan fingerprint density at radius 3 is 2.69 bits per heavy atom. The number of nitrogens with zero attached hydrogens (tertiary/aromatic N) is 1. The number of aliphatic hydroxyl groups is 1. The highest BCUT2D eigenvalue weighted by molar-refractivity contribution is 5.95. The minimum Gasteiger partial charge on any atom is -0.505 e. The van der Waals surface area contributed by atoms with E-state index in [2.05, 4.69) is 10.3 Å². The Balaban J connectivity index is 2.85. The summed E-state index contributed by atoms with van der Waals surface area (Å²) in [6, 6.07) is 2.92. The second-order valence-electron chi connectivity index (χ2n) is 4.22. The van der Waals surface area contributed by atoms with E-state index < -0.39 is 17.6 Å². The van der Waals surface area contributed by atoms with Crippen molar-refractivity contribution in [1.29, 1.82) is 0 Å². The minimum absolute atomic E-state index is 0.0452. The van der Waals surface area contributed by atoms with Crippen LogP contribution in [0.15, 0.2) is 18.3 Å². The lowest BCUT2D eigenvalue weighted by Gasteiger charge is -2.29. The van der Waals surface area contributed by atoms with Gasteiger partial charge in [-0.25, -0.2) is 4.98 Å². The SMILES string of the molecule is CC(O)C(C)(C)NC(=O)c1ncccc1O. The summed E-state index contributed by atoms with van der Waals surface area (Å²) in [5.74, 6) is -0.689. The highest BCUT2D eigenvalue weighted by atomic mass is 16.3.